The van der Waals surface area contributed by atoms with Gasteiger partial charge in [-0.25, -0.2) is 14.8 Å². The lowest BCUT2D eigenvalue weighted by Crippen LogP contribution is -2.08. The molecule has 160 valence electrons. The number of hydrogen-bond donors (Lipinski definition) is 0. The van der Waals surface area contributed by atoms with Crippen LogP contribution >= 0.6 is 0 Å². The van der Waals surface area contributed by atoms with Gasteiger partial charge in [0.2, 0.25) is 0 Å². The zero-order valence-electron chi connectivity index (χ0n) is 18.2. The first-order chi connectivity index (χ1) is 15.1. The number of hydrogen-bond acceptors (Lipinski definition) is 5. The Balaban J connectivity index is 1.71. The minimum atomic E-state index is -0.323. The summed E-state index contributed by atoms with van der Waals surface area (Å²) in [5.74, 6) is 0.572. The van der Waals surface area contributed by atoms with Crippen LogP contribution in [-0.4, -0.2) is 45.8 Å². The van der Waals surface area contributed by atoms with Gasteiger partial charge in [-0.1, -0.05) is 0 Å². The summed E-state index contributed by atoms with van der Waals surface area (Å²) >= 11 is 0. The average Bonchev–Trinajstić information content (AvgIpc) is 3.42. The van der Waals surface area contributed by atoms with Gasteiger partial charge in [0.25, 0.3) is 0 Å². The van der Waals surface area contributed by atoms with E-state index in [-0.39, 0.29) is 5.97 Å². The normalized spacial score (nSPS) is 11.1. The highest BCUT2D eigenvalue weighted by Crippen LogP contribution is 2.28. The first-order valence-electron chi connectivity index (χ1n) is 10.5. The van der Waals surface area contributed by atoms with Gasteiger partial charge < -0.3 is 18.8 Å². The molecule has 0 bridgehead atoms. The first kappa shape index (κ1) is 20.7. The van der Waals surface area contributed by atoms with Crippen LogP contribution in [0.2, 0.25) is 0 Å². The fourth-order valence-electron chi connectivity index (χ4n) is 3.66. The molecule has 0 fully saturated rings. The van der Waals surface area contributed by atoms with Crippen LogP contribution in [0.15, 0.2) is 61.2 Å². The molecule has 4 rings (SSSR count). The Labute approximate surface area is 181 Å². The Morgan fingerprint density at radius 2 is 1.90 bits per heavy atom. The van der Waals surface area contributed by atoms with Crippen molar-refractivity contribution in [2.24, 2.45) is 0 Å². The second-order valence-corrected chi connectivity index (χ2v) is 7.61. The van der Waals surface area contributed by atoms with E-state index in [1.807, 2.05) is 44.8 Å². The van der Waals surface area contributed by atoms with E-state index in [2.05, 4.69) is 43.3 Å². The van der Waals surface area contributed by atoms with Gasteiger partial charge in [0.05, 0.1) is 29.5 Å². The van der Waals surface area contributed by atoms with E-state index in [1.165, 1.54) is 0 Å². The zero-order chi connectivity index (χ0) is 21.8. The lowest BCUT2D eigenvalue weighted by molar-refractivity contribution is 0.0526. The molecule has 0 N–H and O–H groups in total. The molecule has 0 aliphatic carbocycles. The van der Waals surface area contributed by atoms with Crippen molar-refractivity contribution in [2.75, 3.05) is 25.6 Å². The van der Waals surface area contributed by atoms with Crippen LogP contribution in [0.5, 0.6) is 0 Å². The number of nitrogens with zero attached hydrogens (tertiary/aromatic N) is 5. The van der Waals surface area contributed by atoms with Crippen LogP contribution in [-0.2, 0) is 17.8 Å². The van der Waals surface area contributed by atoms with Gasteiger partial charge >= 0.3 is 5.97 Å². The monoisotopic (exact) mass is 417 g/mol. The van der Waals surface area contributed by atoms with Crippen LogP contribution in [0.3, 0.4) is 0 Å². The number of esters is 1. The molecule has 0 saturated carbocycles. The molecular weight excluding hydrogens is 390 g/mol. The molecule has 7 heteroatoms. The lowest BCUT2D eigenvalue weighted by Gasteiger charge is -2.14. The molecule has 2 aromatic carbocycles. The van der Waals surface area contributed by atoms with Gasteiger partial charge in [0.1, 0.15) is 5.82 Å². The summed E-state index contributed by atoms with van der Waals surface area (Å²) in [5.41, 5.74) is 4.50. The number of fused-ring (bicyclic) bond motifs is 1. The van der Waals surface area contributed by atoms with Crippen LogP contribution in [0.1, 0.15) is 23.7 Å². The highest BCUT2D eigenvalue weighted by Gasteiger charge is 2.15. The zero-order valence-corrected chi connectivity index (χ0v) is 18.2. The Bertz CT molecular complexity index is 1160. The van der Waals surface area contributed by atoms with E-state index in [0.717, 1.165) is 47.6 Å². The summed E-state index contributed by atoms with van der Waals surface area (Å²) < 4.78 is 9.45. The number of anilines is 1. The highest BCUT2D eigenvalue weighted by atomic mass is 16.5. The predicted octanol–water partition coefficient (Wildman–Crippen LogP) is 4.23. The molecule has 0 amide bonds. The largest absolute Gasteiger partial charge is 0.462 e. The summed E-state index contributed by atoms with van der Waals surface area (Å²) in [6.07, 6.45) is 6.53. The van der Waals surface area contributed by atoms with E-state index in [0.29, 0.717) is 12.2 Å². The Kier molecular flexibility index (Phi) is 6.02. The third-order valence-electron chi connectivity index (χ3n) is 5.26. The molecule has 7 nitrogen and oxygen atoms in total. The maximum Gasteiger partial charge on any atom is 0.338 e. The average molecular weight is 418 g/mol. The van der Waals surface area contributed by atoms with Crippen LogP contribution < -0.4 is 4.90 Å². The molecule has 0 unspecified atom stereocenters. The molecule has 0 saturated heterocycles. The number of aryl methyl sites for hydroxylation is 2. The maximum atomic E-state index is 12.2. The van der Waals surface area contributed by atoms with Crippen molar-refractivity contribution in [1.29, 1.82) is 0 Å². The molecule has 0 radical (unpaired) electrons. The number of rotatable bonds is 8. The van der Waals surface area contributed by atoms with Crippen molar-refractivity contribution in [2.45, 2.75) is 26.4 Å². The number of carbonyl (C=O) groups excluding carboxylic acids is 1. The van der Waals surface area contributed by atoms with Crippen molar-refractivity contribution in [3.05, 3.63) is 66.7 Å². The van der Waals surface area contributed by atoms with Crippen LogP contribution in [0.4, 0.5) is 5.69 Å². The summed E-state index contributed by atoms with van der Waals surface area (Å²) in [5, 5.41) is 0. The van der Waals surface area contributed by atoms with Gasteiger partial charge in [0, 0.05) is 50.8 Å². The second kappa shape index (κ2) is 9.04. The molecule has 0 spiro atoms. The topological polar surface area (TPSA) is 65.2 Å². The maximum absolute atomic E-state index is 12.2. The molecule has 2 aromatic heterocycles. The molecular formula is C24H27N5O2. The Hall–Kier alpha value is -3.61. The standard InChI is InChI=1S/C24H27N5O2/c1-4-31-24(30)19-8-11-22-21(16-19)26-23(18-6-9-20(10-7-18)27(2)3)29(22)14-5-13-28-15-12-25-17-28/h6-12,15-17H,4-5,13-14H2,1-3H3. The molecule has 0 atom stereocenters. The van der Waals surface area contributed by atoms with E-state index in [1.54, 1.807) is 13.1 Å². The number of benzene rings is 2. The van der Waals surface area contributed by atoms with E-state index in [9.17, 15) is 4.79 Å². The van der Waals surface area contributed by atoms with Crippen molar-refractivity contribution in [3.63, 3.8) is 0 Å². The van der Waals surface area contributed by atoms with Crippen molar-refractivity contribution >= 4 is 22.7 Å². The number of aromatic nitrogens is 4. The fourth-order valence-corrected chi connectivity index (χ4v) is 3.66. The third-order valence-corrected chi connectivity index (χ3v) is 5.26. The minimum Gasteiger partial charge on any atom is -0.462 e. The molecule has 31 heavy (non-hydrogen) atoms. The Morgan fingerprint density at radius 1 is 1.10 bits per heavy atom. The summed E-state index contributed by atoms with van der Waals surface area (Å²) in [6.45, 7) is 3.84. The van der Waals surface area contributed by atoms with Gasteiger partial charge in [-0.15, -0.1) is 0 Å². The number of ether oxygens (including phenoxy) is 1. The Morgan fingerprint density at radius 3 is 2.58 bits per heavy atom. The summed E-state index contributed by atoms with van der Waals surface area (Å²) in [4.78, 5) is 23.3. The molecule has 0 aliphatic rings. The number of imidazole rings is 2. The molecule has 0 aliphatic heterocycles. The van der Waals surface area contributed by atoms with Gasteiger partial charge in [0.15, 0.2) is 0 Å². The van der Waals surface area contributed by atoms with E-state index < -0.39 is 0 Å². The minimum absolute atomic E-state index is 0.323. The van der Waals surface area contributed by atoms with Crippen molar-refractivity contribution < 1.29 is 9.53 Å². The van der Waals surface area contributed by atoms with Crippen LogP contribution in [0.25, 0.3) is 22.4 Å². The van der Waals surface area contributed by atoms with E-state index >= 15 is 0 Å². The lowest BCUT2D eigenvalue weighted by atomic mass is 10.2. The predicted molar refractivity (Wildman–Crippen MR) is 122 cm³/mol. The summed E-state index contributed by atoms with van der Waals surface area (Å²) in [6, 6.07) is 14.0. The first-order valence-corrected chi connectivity index (χ1v) is 10.5. The van der Waals surface area contributed by atoms with Gasteiger partial charge in [-0.3, -0.25) is 0 Å². The fraction of sp³-hybridized carbons (Fsp3) is 0.292. The quantitative estimate of drug-likeness (QED) is 0.401. The SMILES string of the molecule is CCOC(=O)c1ccc2c(c1)nc(-c1ccc(N(C)C)cc1)n2CCCn1ccnc1. The van der Waals surface area contributed by atoms with Gasteiger partial charge in [-0.2, -0.15) is 0 Å². The summed E-state index contributed by atoms with van der Waals surface area (Å²) in [7, 11) is 4.05. The highest BCUT2D eigenvalue weighted by molar-refractivity contribution is 5.94. The van der Waals surface area contributed by atoms with Crippen LogP contribution in [0, 0.1) is 0 Å². The molecule has 2 heterocycles. The molecule has 4 aromatic rings. The second-order valence-electron chi connectivity index (χ2n) is 7.61. The third kappa shape index (κ3) is 4.45. The smallest absolute Gasteiger partial charge is 0.338 e. The van der Waals surface area contributed by atoms with Crippen molar-refractivity contribution in [3.8, 4) is 11.4 Å². The number of carbonyl (C=O) groups is 1. The van der Waals surface area contributed by atoms with E-state index in [4.69, 9.17) is 9.72 Å². The van der Waals surface area contributed by atoms with Gasteiger partial charge in [-0.05, 0) is 55.8 Å². The van der Waals surface area contributed by atoms with Crippen molar-refractivity contribution in [1.82, 2.24) is 19.1 Å².